The summed E-state index contributed by atoms with van der Waals surface area (Å²) in [5.74, 6) is 0. The Morgan fingerprint density at radius 1 is 0.375 bits per heavy atom. The zero-order valence-electron chi connectivity index (χ0n) is 34.3. The molecule has 0 aliphatic heterocycles. The summed E-state index contributed by atoms with van der Waals surface area (Å²) in [6.45, 7) is 0. The zero-order chi connectivity index (χ0) is 41.9. The van der Waals surface area contributed by atoms with Crippen molar-refractivity contribution in [2.24, 2.45) is 0 Å². The van der Waals surface area contributed by atoms with Gasteiger partial charge < -0.3 is 18.0 Å². The van der Waals surface area contributed by atoms with Gasteiger partial charge in [-0.25, -0.2) is 0 Å². The fourth-order valence-electron chi connectivity index (χ4n) is 10.2. The second kappa shape index (κ2) is 13.4. The van der Waals surface area contributed by atoms with Crippen LogP contribution in [0.3, 0.4) is 0 Å². The van der Waals surface area contributed by atoms with Gasteiger partial charge in [-0.1, -0.05) is 120 Å². The van der Waals surface area contributed by atoms with E-state index in [1.807, 2.05) is 41.1 Å². The van der Waals surface area contributed by atoms with E-state index in [0.29, 0.717) is 0 Å². The average Bonchev–Trinajstić information content (AvgIpc) is 4.11. The summed E-state index contributed by atoms with van der Waals surface area (Å²) in [4.78, 5) is 0. The molecule has 298 valence electrons. The molecule has 64 heavy (non-hydrogen) atoms. The van der Waals surface area contributed by atoms with Gasteiger partial charge in [-0.3, -0.25) is 0 Å². The van der Waals surface area contributed by atoms with Crippen molar-refractivity contribution < 1.29 is 13.5 Å². The molecule has 0 bridgehead atoms. The Morgan fingerprint density at radius 3 is 1.67 bits per heavy atom. The monoisotopic (exact) mass is 819 g/mol. The van der Waals surface area contributed by atoms with Crippen LogP contribution < -0.4 is 4.68 Å². The lowest BCUT2D eigenvalue weighted by molar-refractivity contribution is -0.656. The first-order valence-electron chi connectivity index (χ1n) is 21.6. The van der Waals surface area contributed by atoms with Crippen LogP contribution in [-0.4, -0.2) is 14.2 Å². The molecule has 6 nitrogen and oxygen atoms in total. The van der Waals surface area contributed by atoms with Crippen LogP contribution in [0.2, 0.25) is 0 Å². The molecule has 0 aliphatic rings. The van der Waals surface area contributed by atoms with Crippen LogP contribution in [-0.2, 0) is 0 Å². The van der Waals surface area contributed by atoms with Crippen LogP contribution in [0.15, 0.2) is 221 Å². The number of aromatic nitrogens is 4. The van der Waals surface area contributed by atoms with E-state index in [1.165, 1.54) is 43.7 Å². The standard InChI is InChI=1S/C58H35N4O2/c1-3-14-38(15-4-1)60-35-48(43-21-13-25-55-56(43)44-20-9-12-24-53(44)63-55)58-57(59-60)47-34-40(28-31-54(47)64-58)62-50-23-11-8-19-42(50)46-33-37(27-30-52(46)62)36-26-29-51-45(32-36)41-18-7-10-22-49(41)61(51)39-16-5-2-6-17-39/h1-35H/q+1. The lowest BCUT2D eigenvalue weighted by atomic mass is 10.00. The van der Waals surface area contributed by atoms with E-state index in [1.54, 1.807) is 0 Å². The van der Waals surface area contributed by atoms with Gasteiger partial charge in [0, 0.05) is 66.5 Å². The van der Waals surface area contributed by atoms with Gasteiger partial charge in [0.15, 0.2) is 11.1 Å². The maximum Gasteiger partial charge on any atom is 0.238 e. The zero-order valence-corrected chi connectivity index (χ0v) is 34.3. The lowest BCUT2D eigenvalue weighted by Crippen LogP contribution is -2.34. The molecule has 14 aromatic rings. The van der Waals surface area contributed by atoms with E-state index in [2.05, 4.69) is 185 Å². The van der Waals surface area contributed by atoms with E-state index in [4.69, 9.17) is 13.9 Å². The highest BCUT2D eigenvalue weighted by atomic mass is 16.3. The molecule has 0 spiro atoms. The molecule has 0 fully saturated rings. The third kappa shape index (κ3) is 5.08. The molecular formula is C58H35N4O2+. The molecule has 9 aromatic carbocycles. The van der Waals surface area contributed by atoms with Gasteiger partial charge in [0.1, 0.15) is 16.7 Å². The highest BCUT2D eigenvalue weighted by molar-refractivity contribution is 6.17. The molecule has 0 aliphatic carbocycles. The Hall–Kier alpha value is -8.74. The van der Waals surface area contributed by atoms with Crippen LogP contribution in [0.4, 0.5) is 0 Å². The summed E-state index contributed by atoms with van der Waals surface area (Å²) >= 11 is 0. The first kappa shape index (κ1) is 34.9. The molecule has 0 radical (unpaired) electrons. The summed E-state index contributed by atoms with van der Waals surface area (Å²) in [6, 6.07) is 73.0. The van der Waals surface area contributed by atoms with Gasteiger partial charge in [0.2, 0.25) is 11.9 Å². The third-order valence-corrected chi connectivity index (χ3v) is 13.0. The Balaban J connectivity index is 0.958. The fraction of sp³-hybridized carbons (Fsp3) is 0. The Morgan fingerprint density at radius 2 is 0.953 bits per heavy atom. The van der Waals surface area contributed by atoms with Crippen molar-refractivity contribution >= 4 is 87.6 Å². The van der Waals surface area contributed by atoms with Gasteiger partial charge in [0.05, 0.1) is 33.0 Å². The van der Waals surface area contributed by atoms with E-state index < -0.39 is 0 Å². The quantitative estimate of drug-likeness (QED) is 0.163. The van der Waals surface area contributed by atoms with Crippen LogP contribution in [0, 0.1) is 0 Å². The largest absolute Gasteiger partial charge is 0.456 e. The highest BCUT2D eigenvalue weighted by Crippen LogP contribution is 2.43. The number of hydrogen-bond acceptors (Lipinski definition) is 3. The van der Waals surface area contributed by atoms with Gasteiger partial charge in [-0.2, -0.15) is 0 Å². The predicted molar refractivity (Wildman–Crippen MR) is 260 cm³/mol. The van der Waals surface area contributed by atoms with Crippen molar-refractivity contribution in [2.75, 3.05) is 0 Å². The number of rotatable bonds is 5. The van der Waals surface area contributed by atoms with Gasteiger partial charge >= 0.3 is 0 Å². The van der Waals surface area contributed by atoms with Gasteiger partial charge in [0.25, 0.3) is 0 Å². The molecule has 0 unspecified atom stereocenters. The lowest BCUT2D eigenvalue weighted by Gasteiger charge is -2.09. The van der Waals surface area contributed by atoms with E-state index in [-0.39, 0.29) is 0 Å². The van der Waals surface area contributed by atoms with Crippen molar-refractivity contribution in [2.45, 2.75) is 0 Å². The van der Waals surface area contributed by atoms with E-state index >= 15 is 0 Å². The number of furan rings is 2. The molecule has 0 N–H and O–H groups in total. The Bertz CT molecular complexity index is 4190. The molecule has 5 heterocycles. The van der Waals surface area contributed by atoms with Crippen molar-refractivity contribution in [3.63, 3.8) is 0 Å². The topological polar surface area (TPSA) is 52.9 Å². The summed E-state index contributed by atoms with van der Waals surface area (Å²) in [6.07, 6.45) is 2.08. The first-order valence-corrected chi connectivity index (χ1v) is 21.6. The summed E-state index contributed by atoms with van der Waals surface area (Å²) in [7, 11) is 0. The summed E-state index contributed by atoms with van der Waals surface area (Å²) < 4.78 is 19.9. The van der Waals surface area contributed by atoms with Gasteiger partial charge in [-0.05, 0) is 90.0 Å². The average molecular weight is 820 g/mol. The first-order chi connectivity index (χ1) is 31.7. The molecule has 5 aromatic heterocycles. The van der Waals surface area contributed by atoms with Crippen molar-refractivity contribution in [1.82, 2.24) is 14.2 Å². The summed E-state index contributed by atoms with van der Waals surface area (Å²) in [5.41, 5.74) is 16.1. The van der Waals surface area contributed by atoms with Crippen LogP contribution in [0.5, 0.6) is 0 Å². The van der Waals surface area contributed by atoms with E-state index in [9.17, 15) is 0 Å². The Kier molecular flexibility index (Phi) is 7.30. The number of nitrogens with zero attached hydrogens (tertiary/aromatic N) is 4. The van der Waals surface area contributed by atoms with Gasteiger partial charge in [-0.15, -0.1) is 0 Å². The molecule has 0 saturated heterocycles. The van der Waals surface area contributed by atoms with E-state index in [0.717, 1.165) is 83.2 Å². The number of para-hydroxylation sites is 5. The van der Waals surface area contributed by atoms with Crippen molar-refractivity contribution in [3.05, 3.63) is 212 Å². The summed E-state index contributed by atoms with van der Waals surface area (Å²) in [5, 5.41) is 13.2. The molecule has 6 heteroatoms. The number of benzene rings is 9. The predicted octanol–water partition coefficient (Wildman–Crippen LogP) is 14.7. The third-order valence-electron chi connectivity index (χ3n) is 13.0. The second-order valence-electron chi connectivity index (χ2n) is 16.6. The minimum atomic E-state index is 0.729. The second-order valence-corrected chi connectivity index (χ2v) is 16.6. The Labute approximate surface area is 365 Å². The SMILES string of the molecule is c1ccc(-n2c3ccccc3c3cc(-c4ccc5c(c4)c4ccccc4n5-c4ccc5oc6c(-c7cccc8oc9ccccc9c78)c[n+](-c7ccccc7)nc6c5c4)ccc32)cc1. The van der Waals surface area contributed by atoms with Crippen LogP contribution in [0.25, 0.3) is 127 Å². The minimum absolute atomic E-state index is 0.729. The van der Waals surface area contributed by atoms with Crippen molar-refractivity contribution in [1.29, 1.82) is 0 Å². The van der Waals surface area contributed by atoms with Crippen molar-refractivity contribution in [3.8, 4) is 39.3 Å². The smallest absolute Gasteiger partial charge is 0.238 e. The normalized spacial score (nSPS) is 12.1. The van der Waals surface area contributed by atoms with Crippen LogP contribution >= 0.6 is 0 Å². The molecule has 0 amide bonds. The maximum absolute atomic E-state index is 6.85. The molecule has 14 rings (SSSR count). The maximum atomic E-state index is 6.85. The molecule has 0 atom stereocenters. The number of fused-ring (bicyclic) bond motifs is 12. The minimum Gasteiger partial charge on any atom is -0.456 e. The van der Waals surface area contributed by atoms with Crippen LogP contribution in [0.1, 0.15) is 0 Å². The molecular weight excluding hydrogens is 785 g/mol. The number of hydrogen-bond donors (Lipinski definition) is 0. The molecule has 0 saturated carbocycles. The fourth-order valence-corrected chi connectivity index (χ4v) is 10.2. The highest BCUT2D eigenvalue weighted by Gasteiger charge is 2.25.